The molecule has 3 rings (SSSR count). The van der Waals surface area contributed by atoms with Crippen LogP contribution in [-0.4, -0.2) is 26.6 Å². The Balaban J connectivity index is 2.30. The molecule has 0 N–H and O–H groups in total. The Morgan fingerprint density at radius 2 is 1.79 bits per heavy atom. The molecule has 1 atom stereocenters. The molecular weight excluding hydrogens is 240 g/mol. The van der Waals surface area contributed by atoms with Crippen molar-refractivity contribution in [3.63, 3.8) is 0 Å². The summed E-state index contributed by atoms with van der Waals surface area (Å²) in [5, 5.41) is 2.20. The van der Waals surface area contributed by atoms with Crippen molar-refractivity contribution in [1.82, 2.24) is 0 Å². The molecule has 0 amide bonds. The number of allylic oxidation sites excluding steroid dienone is 2. The van der Waals surface area contributed by atoms with Crippen LogP contribution in [0.3, 0.4) is 0 Å². The molecule has 0 radical (unpaired) electrons. The lowest BCUT2D eigenvalue weighted by molar-refractivity contribution is -0.0809. The smallest absolute Gasteiger partial charge is 0.216 e. The van der Waals surface area contributed by atoms with Gasteiger partial charge in [-0.1, -0.05) is 42.5 Å². The summed E-state index contributed by atoms with van der Waals surface area (Å²) in [4.78, 5) is 0. The van der Waals surface area contributed by atoms with Gasteiger partial charge in [0, 0.05) is 25.0 Å². The van der Waals surface area contributed by atoms with Gasteiger partial charge in [0.15, 0.2) is 5.76 Å². The normalized spacial score (nSPS) is 20.3. The zero-order valence-electron chi connectivity index (χ0n) is 11.0. The van der Waals surface area contributed by atoms with Gasteiger partial charge in [0.05, 0.1) is 0 Å². The summed E-state index contributed by atoms with van der Waals surface area (Å²) in [5.74, 6) is 0.731. The van der Waals surface area contributed by atoms with Crippen LogP contribution in [0.1, 0.15) is 0 Å². The third kappa shape index (κ3) is 2.01. The van der Waals surface area contributed by atoms with Crippen LogP contribution in [0.15, 0.2) is 48.6 Å². The molecule has 1 aromatic rings. The molecule has 2 aliphatic rings. The van der Waals surface area contributed by atoms with E-state index >= 15 is 0 Å². The molecule has 3 heteroatoms. The van der Waals surface area contributed by atoms with Crippen LogP contribution in [0.25, 0.3) is 11.3 Å². The molecule has 1 unspecified atom stereocenters. The summed E-state index contributed by atoms with van der Waals surface area (Å²) >= 11 is 0. The SMILES string of the molecule is COC(OC)C1=c2ccccc2=C2C=CC=CC2O1. The lowest BCUT2D eigenvalue weighted by Gasteiger charge is -2.28. The molecule has 19 heavy (non-hydrogen) atoms. The number of fused-ring (bicyclic) bond motifs is 2. The molecule has 0 saturated carbocycles. The third-order valence-corrected chi connectivity index (χ3v) is 3.38. The van der Waals surface area contributed by atoms with E-state index in [2.05, 4.69) is 12.1 Å². The predicted molar refractivity (Wildman–Crippen MR) is 73.5 cm³/mol. The van der Waals surface area contributed by atoms with E-state index < -0.39 is 6.29 Å². The minimum atomic E-state index is -0.484. The highest BCUT2D eigenvalue weighted by molar-refractivity contribution is 5.69. The second-order valence-electron chi connectivity index (χ2n) is 4.45. The van der Waals surface area contributed by atoms with Crippen molar-refractivity contribution in [3.8, 4) is 0 Å². The van der Waals surface area contributed by atoms with Gasteiger partial charge in [0.1, 0.15) is 6.10 Å². The van der Waals surface area contributed by atoms with E-state index in [0.717, 1.165) is 11.0 Å². The summed E-state index contributed by atoms with van der Waals surface area (Å²) in [5.41, 5.74) is 1.17. The van der Waals surface area contributed by atoms with Crippen molar-refractivity contribution in [2.45, 2.75) is 12.4 Å². The molecule has 0 spiro atoms. The summed E-state index contributed by atoms with van der Waals surface area (Å²) in [6, 6.07) is 8.16. The van der Waals surface area contributed by atoms with Crippen molar-refractivity contribution in [2.75, 3.05) is 14.2 Å². The molecule has 1 aromatic carbocycles. The first-order valence-corrected chi connectivity index (χ1v) is 6.25. The quantitative estimate of drug-likeness (QED) is 0.758. The highest BCUT2D eigenvalue weighted by Crippen LogP contribution is 2.23. The van der Waals surface area contributed by atoms with E-state index in [1.807, 2.05) is 36.4 Å². The Morgan fingerprint density at radius 3 is 2.53 bits per heavy atom. The summed E-state index contributed by atoms with van der Waals surface area (Å²) in [7, 11) is 3.23. The first-order valence-electron chi connectivity index (χ1n) is 6.25. The lowest BCUT2D eigenvalue weighted by Crippen LogP contribution is -2.42. The molecule has 0 saturated heterocycles. The Kier molecular flexibility index (Phi) is 3.23. The summed E-state index contributed by atoms with van der Waals surface area (Å²) in [6.45, 7) is 0. The van der Waals surface area contributed by atoms with Crippen molar-refractivity contribution in [3.05, 3.63) is 59.0 Å². The maximum absolute atomic E-state index is 6.05. The van der Waals surface area contributed by atoms with Crippen LogP contribution in [0.2, 0.25) is 0 Å². The number of hydrogen-bond acceptors (Lipinski definition) is 3. The maximum atomic E-state index is 6.05. The second kappa shape index (κ2) is 5.03. The highest BCUT2D eigenvalue weighted by atomic mass is 16.7. The van der Waals surface area contributed by atoms with Crippen LogP contribution in [0.5, 0.6) is 0 Å². The van der Waals surface area contributed by atoms with E-state index in [9.17, 15) is 0 Å². The minimum absolute atomic E-state index is 0.0669. The fraction of sp³-hybridized carbons (Fsp3) is 0.250. The van der Waals surface area contributed by atoms with Gasteiger partial charge in [-0.15, -0.1) is 0 Å². The number of rotatable bonds is 3. The maximum Gasteiger partial charge on any atom is 0.216 e. The Bertz CT molecular complexity index is 651. The number of ether oxygens (including phenoxy) is 3. The molecule has 0 fully saturated rings. The monoisotopic (exact) mass is 256 g/mol. The number of hydrogen-bond donors (Lipinski definition) is 0. The molecule has 98 valence electrons. The van der Waals surface area contributed by atoms with E-state index in [-0.39, 0.29) is 6.10 Å². The van der Waals surface area contributed by atoms with Crippen molar-refractivity contribution in [2.24, 2.45) is 0 Å². The van der Waals surface area contributed by atoms with Crippen LogP contribution in [0.4, 0.5) is 0 Å². The fourth-order valence-corrected chi connectivity index (χ4v) is 2.51. The fourth-order valence-electron chi connectivity index (χ4n) is 2.51. The molecular formula is C16H16O3. The van der Waals surface area contributed by atoms with Gasteiger partial charge in [-0.2, -0.15) is 0 Å². The van der Waals surface area contributed by atoms with Crippen molar-refractivity contribution < 1.29 is 14.2 Å². The number of methoxy groups -OCH3 is 2. The third-order valence-electron chi connectivity index (χ3n) is 3.38. The number of benzene rings is 1. The van der Waals surface area contributed by atoms with Gasteiger partial charge >= 0.3 is 0 Å². The van der Waals surface area contributed by atoms with Gasteiger partial charge in [-0.25, -0.2) is 0 Å². The van der Waals surface area contributed by atoms with Crippen molar-refractivity contribution >= 4 is 11.3 Å². The van der Waals surface area contributed by atoms with E-state index in [1.54, 1.807) is 14.2 Å². The highest BCUT2D eigenvalue weighted by Gasteiger charge is 2.25. The van der Waals surface area contributed by atoms with Crippen molar-refractivity contribution in [1.29, 1.82) is 0 Å². The zero-order valence-corrected chi connectivity index (χ0v) is 11.0. The van der Waals surface area contributed by atoms with Crippen LogP contribution >= 0.6 is 0 Å². The molecule has 3 nitrogen and oxygen atoms in total. The van der Waals surface area contributed by atoms with Gasteiger partial charge in [-0.05, 0) is 11.3 Å². The Labute approximate surface area is 112 Å². The Hall–Kier alpha value is -1.84. The van der Waals surface area contributed by atoms with Gasteiger partial charge in [-0.3, -0.25) is 0 Å². The predicted octanol–water partition coefficient (Wildman–Crippen LogP) is 1.09. The zero-order chi connectivity index (χ0) is 13.2. The van der Waals surface area contributed by atoms with Crippen LogP contribution < -0.4 is 10.4 Å². The van der Waals surface area contributed by atoms with E-state index in [0.29, 0.717) is 0 Å². The largest absolute Gasteiger partial charge is 0.480 e. The van der Waals surface area contributed by atoms with Crippen LogP contribution in [0, 0.1) is 0 Å². The van der Waals surface area contributed by atoms with Gasteiger partial charge in [0.25, 0.3) is 0 Å². The van der Waals surface area contributed by atoms with Gasteiger partial charge in [0.2, 0.25) is 6.29 Å². The lowest BCUT2D eigenvalue weighted by atomic mass is 9.98. The average Bonchev–Trinajstić information content (AvgIpc) is 2.48. The summed E-state index contributed by atoms with van der Waals surface area (Å²) < 4.78 is 16.7. The molecule has 0 bridgehead atoms. The minimum Gasteiger partial charge on any atom is -0.480 e. The molecule has 1 aliphatic carbocycles. The van der Waals surface area contributed by atoms with Crippen LogP contribution in [-0.2, 0) is 14.2 Å². The second-order valence-corrected chi connectivity index (χ2v) is 4.45. The Morgan fingerprint density at radius 1 is 1.05 bits per heavy atom. The van der Waals surface area contributed by atoms with Gasteiger partial charge < -0.3 is 14.2 Å². The first-order chi connectivity index (χ1) is 9.35. The molecule has 1 aliphatic heterocycles. The van der Waals surface area contributed by atoms with E-state index in [4.69, 9.17) is 14.2 Å². The standard InChI is InChI=1S/C16H16O3/c1-17-16(18-2)15-13-9-4-3-7-11(13)12-8-5-6-10-14(12)19-15/h3-10,14,16H,1-2H3. The molecule has 1 heterocycles. The topological polar surface area (TPSA) is 27.7 Å². The first kappa shape index (κ1) is 12.2. The summed E-state index contributed by atoms with van der Waals surface area (Å²) in [6.07, 6.45) is 7.60. The average molecular weight is 256 g/mol. The molecule has 0 aromatic heterocycles. The van der Waals surface area contributed by atoms with E-state index in [1.165, 1.54) is 10.8 Å².